The zero-order valence-electron chi connectivity index (χ0n) is 12.3. The largest absolute Gasteiger partial charge is 0.307 e. The number of rotatable bonds is 3. The summed E-state index contributed by atoms with van der Waals surface area (Å²) in [6.07, 6.45) is 0.524. The molecule has 0 spiro atoms. The van der Waals surface area contributed by atoms with E-state index >= 15 is 0 Å². The Morgan fingerprint density at radius 1 is 1.14 bits per heavy atom. The van der Waals surface area contributed by atoms with E-state index in [2.05, 4.69) is 78.9 Å². The van der Waals surface area contributed by atoms with Crippen molar-refractivity contribution in [2.75, 3.05) is 4.90 Å². The van der Waals surface area contributed by atoms with Gasteiger partial charge in [-0.25, -0.2) is 0 Å². The van der Waals surface area contributed by atoms with Crippen LogP contribution in [-0.4, -0.2) is 5.91 Å². The Hall–Kier alpha value is -1.36. The van der Waals surface area contributed by atoms with Gasteiger partial charge in [0.2, 0.25) is 5.91 Å². The van der Waals surface area contributed by atoms with Crippen LogP contribution in [0.3, 0.4) is 0 Å². The molecule has 1 heterocycles. The Labute approximate surface area is 139 Å². The predicted molar refractivity (Wildman–Crippen MR) is 94.6 cm³/mol. The number of hydrogen-bond donors (Lipinski definition) is 0. The zero-order valence-corrected chi connectivity index (χ0v) is 14.4. The lowest BCUT2D eigenvalue weighted by molar-refractivity contribution is -0.117. The summed E-state index contributed by atoms with van der Waals surface area (Å²) < 4.78 is 1.18. The maximum Gasteiger partial charge on any atom is 0.231 e. The average Bonchev–Trinajstić information content (AvgIpc) is 2.75. The fraction of sp³-hybridized carbons (Fsp3) is 0.278. The summed E-state index contributed by atoms with van der Waals surface area (Å²) in [6, 6.07) is 14.8. The van der Waals surface area contributed by atoms with Gasteiger partial charge in [-0.3, -0.25) is 4.79 Å². The fourth-order valence-corrected chi connectivity index (χ4v) is 3.27. The molecule has 2 aromatic rings. The van der Waals surface area contributed by atoms with E-state index in [9.17, 15) is 4.79 Å². The molecule has 0 atom stereocenters. The molecule has 3 heteroatoms. The number of amides is 1. The number of carbonyl (C=O) groups is 1. The van der Waals surface area contributed by atoms with Gasteiger partial charge in [-0.05, 0) is 63.4 Å². The highest BCUT2D eigenvalue weighted by Gasteiger charge is 2.27. The van der Waals surface area contributed by atoms with Crippen LogP contribution in [0.5, 0.6) is 0 Å². The van der Waals surface area contributed by atoms with Crippen molar-refractivity contribution in [3.8, 4) is 0 Å². The van der Waals surface area contributed by atoms with E-state index in [0.29, 0.717) is 18.9 Å². The Balaban J connectivity index is 1.84. The summed E-state index contributed by atoms with van der Waals surface area (Å²) in [4.78, 5) is 14.1. The number of nitrogens with zero attached hydrogens (tertiary/aromatic N) is 1. The molecule has 3 rings (SSSR count). The lowest BCUT2D eigenvalue weighted by Gasteiger charge is -2.18. The Kier molecular flexibility index (Phi) is 4.02. The molecule has 21 heavy (non-hydrogen) atoms. The molecule has 0 saturated carbocycles. The normalized spacial score (nSPS) is 13.9. The number of carbonyl (C=O) groups excluding carboxylic acids is 1. The number of halogens is 1. The van der Waals surface area contributed by atoms with E-state index in [1.807, 2.05) is 4.90 Å². The standard InChI is InChI=1S/C18H18INO/c1-12(2)14-5-3-13(4-6-14)11-20-17-8-7-16(19)9-15(17)10-18(20)21/h3-9,12H,10-11H2,1-2H3. The third-order valence-electron chi connectivity index (χ3n) is 3.96. The Morgan fingerprint density at radius 2 is 1.86 bits per heavy atom. The minimum atomic E-state index is 0.194. The van der Waals surface area contributed by atoms with Crippen molar-refractivity contribution < 1.29 is 4.79 Å². The summed E-state index contributed by atoms with van der Waals surface area (Å²) >= 11 is 2.29. The minimum absolute atomic E-state index is 0.194. The third kappa shape index (κ3) is 2.98. The van der Waals surface area contributed by atoms with Crippen LogP contribution >= 0.6 is 22.6 Å². The predicted octanol–water partition coefficient (Wildman–Crippen LogP) is 4.50. The maximum absolute atomic E-state index is 12.2. The average molecular weight is 391 g/mol. The summed E-state index contributed by atoms with van der Waals surface area (Å²) in [7, 11) is 0. The number of hydrogen-bond acceptors (Lipinski definition) is 1. The van der Waals surface area contributed by atoms with Crippen LogP contribution in [0.1, 0.15) is 36.5 Å². The van der Waals surface area contributed by atoms with Gasteiger partial charge in [-0.1, -0.05) is 38.1 Å². The van der Waals surface area contributed by atoms with Crippen LogP contribution in [0.4, 0.5) is 5.69 Å². The molecule has 1 amide bonds. The van der Waals surface area contributed by atoms with Crippen LogP contribution < -0.4 is 4.90 Å². The first kappa shape index (κ1) is 14.6. The Morgan fingerprint density at radius 3 is 2.52 bits per heavy atom. The van der Waals surface area contributed by atoms with Crippen molar-refractivity contribution in [2.24, 2.45) is 0 Å². The van der Waals surface area contributed by atoms with E-state index in [4.69, 9.17) is 0 Å². The molecule has 0 radical (unpaired) electrons. The van der Waals surface area contributed by atoms with Crippen molar-refractivity contribution >= 4 is 34.2 Å². The molecule has 108 valence electrons. The molecule has 1 aliphatic heterocycles. The van der Waals surface area contributed by atoms with E-state index in [0.717, 1.165) is 11.3 Å². The first-order chi connectivity index (χ1) is 10.0. The topological polar surface area (TPSA) is 20.3 Å². The van der Waals surface area contributed by atoms with Crippen LogP contribution in [0.25, 0.3) is 0 Å². The van der Waals surface area contributed by atoms with Gasteiger partial charge in [0.1, 0.15) is 0 Å². The van der Waals surface area contributed by atoms with E-state index in [1.165, 1.54) is 14.7 Å². The van der Waals surface area contributed by atoms with E-state index < -0.39 is 0 Å². The molecule has 2 nitrogen and oxygen atoms in total. The van der Waals surface area contributed by atoms with Gasteiger partial charge in [-0.15, -0.1) is 0 Å². The molecule has 2 aromatic carbocycles. The first-order valence-electron chi connectivity index (χ1n) is 7.22. The van der Waals surface area contributed by atoms with Crippen molar-refractivity contribution in [2.45, 2.75) is 32.7 Å². The monoisotopic (exact) mass is 391 g/mol. The summed E-state index contributed by atoms with van der Waals surface area (Å²) in [5.41, 5.74) is 4.72. The van der Waals surface area contributed by atoms with Crippen LogP contribution in [0.2, 0.25) is 0 Å². The Bertz CT molecular complexity index is 676. The van der Waals surface area contributed by atoms with Crippen LogP contribution in [0, 0.1) is 3.57 Å². The zero-order chi connectivity index (χ0) is 15.0. The second-order valence-corrected chi connectivity index (χ2v) is 7.07. The summed E-state index contributed by atoms with van der Waals surface area (Å²) in [5.74, 6) is 0.732. The van der Waals surface area contributed by atoms with Crippen LogP contribution in [0.15, 0.2) is 42.5 Å². The summed E-state index contributed by atoms with van der Waals surface area (Å²) in [6.45, 7) is 5.04. The van der Waals surface area contributed by atoms with E-state index in [-0.39, 0.29) is 5.91 Å². The quantitative estimate of drug-likeness (QED) is 0.706. The van der Waals surface area contributed by atoms with Gasteiger partial charge in [-0.2, -0.15) is 0 Å². The highest BCUT2D eigenvalue weighted by Crippen LogP contribution is 2.31. The van der Waals surface area contributed by atoms with Gasteiger partial charge in [0.25, 0.3) is 0 Å². The molecule has 0 saturated heterocycles. The number of fused-ring (bicyclic) bond motifs is 1. The molecular weight excluding hydrogens is 373 g/mol. The lowest BCUT2D eigenvalue weighted by Crippen LogP contribution is -2.25. The minimum Gasteiger partial charge on any atom is -0.307 e. The molecule has 0 N–H and O–H groups in total. The lowest BCUT2D eigenvalue weighted by atomic mass is 10.0. The van der Waals surface area contributed by atoms with Crippen molar-refractivity contribution in [1.82, 2.24) is 0 Å². The number of anilines is 1. The van der Waals surface area contributed by atoms with E-state index in [1.54, 1.807) is 0 Å². The molecule has 0 aliphatic carbocycles. The van der Waals surface area contributed by atoms with Gasteiger partial charge in [0.15, 0.2) is 0 Å². The highest BCUT2D eigenvalue weighted by molar-refractivity contribution is 14.1. The molecule has 0 fully saturated rings. The van der Waals surface area contributed by atoms with Crippen molar-refractivity contribution in [1.29, 1.82) is 0 Å². The molecule has 0 bridgehead atoms. The highest BCUT2D eigenvalue weighted by atomic mass is 127. The maximum atomic E-state index is 12.2. The molecular formula is C18H18INO. The van der Waals surface area contributed by atoms with Crippen molar-refractivity contribution in [3.05, 3.63) is 62.7 Å². The first-order valence-corrected chi connectivity index (χ1v) is 8.30. The van der Waals surface area contributed by atoms with Crippen LogP contribution in [-0.2, 0) is 17.8 Å². The number of benzene rings is 2. The second-order valence-electron chi connectivity index (χ2n) is 5.83. The van der Waals surface area contributed by atoms with Gasteiger partial charge in [0.05, 0.1) is 13.0 Å². The van der Waals surface area contributed by atoms with Gasteiger partial charge < -0.3 is 4.90 Å². The van der Waals surface area contributed by atoms with Gasteiger partial charge >= 0.3 is 0 Å². The summed E-state index contributed by atoms with van der Waals surface area (Å²) in [5, 5.41) is 0. The SMILES string of the molecule is CC(C)c1ccc(CN2C(=O)Cc3cc(I)ccc32)cc1. The molecule has 1 aliphatic rings. The second kappa shape index (κ2) is 5.79. The molecule has 0 unspecified atom stereocenters. The van der Waals surface area contributed by atoms with Crippen molar-refractivity contribution in [3.63, 3.8) is 0 Å². The van der Waals surface area contributed by atoms with Gasteiger partial charge in [0, 0.05) is 9.26 Å². The smallest absolute Gasteiger partial charge is 0.231 e. The fourth-order valence-electron chi connectivity index (χ4n) is 2.72. The molecule has 0 aromatic heterocycles. The third-order valence-corrected chi connectivity index (χ3v) is 4.63.